The van der Waals surface area contributed by atoms with E-state index in [9.17, 15) is 9.59 Å². The average Bonchev–Trinajstić information content (AvgIpc) is 2.72. The van der Waals surface area contributed by atoms with E-state index in [0.29, 0.717) is 0 Å². The molecule has 0 unspecified atom stereocenters. The summed E-state index contributed by atoms with van der Waals surface area (Å²) in [6.07, 6.45) is 1.88. The minimum Gasteiger partial charge on any atom is -0.469 e. The van der Waals surface area contributed by atoms with Crippen LogP contribution in [0.4, 0.5) is 0 Å². The van der Waals surface area contributed by atoms with Crippen LogP contribution in [0.5, 0.6) is 0 Å². The van der Waals surface area contributed by atoms with Gasteiger partial charge in [0.2, 0.25) is 0 Å². The number of para-hydroxylation sites is 1. The molecule has 1 aromatic carbocycles. The molecule has 4 heteroatoms. The van der Waals surface area contributed by atoms with E-state index in [1.807, 2.05) is 24.3 Å². The first-order valence-electron chi connectivity index (χ1n) is 5.34. The number of ketones is 1. The molecule has 1 aromatic heterocycles. The molecule has 0 bridgehead atoms. The molecule has 88 valence electrons. The fourth-order valence-electron chi connectivity index (χ4n) is 1.79. The van der Waals surface area contributed by atoms with Crippen molar-refractivity contribution in [3.8, 4) is 0 Å². The first kappa shape index (κ1) is 11.4. The highest BCUT2D eigenvalue weighted by Gasteiger charge is 2.12. The first-order chi connectivity index (χ1) is 8.20. The number of carbonyl (C=O) groups is 2. The fourth-order valence-corrected chi connectivity index (χ4v) is 1.79. The van der Waals surface area contributed by atoms with E-state index < -0.39 is 5.97 Å². The highest BCUT2D eigenvalue weighted by Crippen LogP contribution is 2.18. The van der Waals surface area contributed by atoms with E-state index >= 15 is 0 Å². The summed E-state index contributed by atoms with van der Waals surface area (Å²) < 4.78 is 4.46. The Balaban J connectivity index is 2.13. The van der Waals surface area contributed by atoms with Gasteiger partial charge in [-0.2, -0.15) is 0 Å². The number of Topliss-reactive ketones (excluding diaryl/α,β-unsaturated/α-hetero) is 1. The van der Waals surface area contributed by atoms with Crippen LogP contribution in [0.1, 0.15) is 12.0 Å². The predicted octanol–water partition coefficient (Wildman–Crippen LogP) is 1.84. The van der Waals surface area contributed by atoms with E-state index in [-0.39, 0.29) is 18.6 Å². The third kappa shape index (κ3) is 2.53. The van der Waals surface area contributed by atoms with Crippen LogP contribution in [0.25, 0.3) is 10.9 Å². The van der Waals surface area contributed by atoms with Gasteiger partial charge in [-0.3, -0.25) is 9.59 Å². The van der Waals surface area contributed by atoms with Gasteiger partial charge in [0.25, 0.3) is 0 Å². The number of carbonyl (C=O) groups excluding carboxylic acids is 2. The molecule has 0 radical (unpaired) electrons. The van der Waals surface area contributed by atoms with Gasteiger partial charge in [0.05, 0.1) is 7.11 Å². The van der Waals surface area contributed by atoms with E-state index in [2.05, 4.69) is 9.72 Å². The van der Waals surface area contributed by atoms with Gasteiger partial charge >= 0.3 is 5.97 Å². The maximum absolute atomic E-state index is 11.6. The smallest absolute Gasteiger partial charge is 0.313 e. The molecule has 0 saturated carbocycles. The number of H-pyrrole nitrogens is 1. The van der Waals surface area contributed by atoms with Crippen LogP contribution in [-0.4, -0.2) is 23.8 Å². The van der Waals surface area contributed by atoms with Gasteiger partial charge < -0.3 is 9.72 Å². The van der Waals surface area contributed by atoms with Crippen molar-refractivity contribution in [2.24, 2.45) is 0 Å². The summed E-state index contributed by atoms with van der Waals surface area (Å²) in [5.41, 5.74) is 1.91. The molecule has 4 nitrogen and oxygen atoms in total. The number of hydrogen-bond donors (Lipinski definition) is 1. The predicted molar refractivity (Wildman–Crippen MR) is 63.6 cm³/mol. The summed E-state index contributed by atoms with van der Waals surface area (Å²) in [6.45, 7) is 0. The molecule has 1 N–H and O–H groups in total. The van der Waals surface area contributed by atoms with E-state index in [1.165, 1.54) is 7.11 Å². The van der Waals surface area contributed by atoms with Crippen molar-refractivity contribution in [2.75, 3.05) is 7.11 Å². The van der Waals surface area contributed by atoms with Crippen molar-refractivity contribution in [1.29, 1.82) is 0 Å². The van der Waals surface area contributed by atoms with Gasteiger partial charge in [-0.25, -0.2) is 0 Å². The summed E-state index contributed by atoms with van der Waals surface area (Å²) in [5.74, 6) is -0.628. The van der Waals surface area contributed by atoms with Crippen molar-refractivity contribution in [3.05, 3.63) is 36.0 Å². The van der Waals surface area contributed by atoms with Gasteiger partial charge in [0.15, 0.2) is 0 Å². The average molecular weight is 231 g/mol. The van der Waals surface area contributed by atoms with Crippen molar-refractivity contribution < 1.29 is 14.3 Å². The molecule has 17 heavy (non-hydrogen) atoms. The van der Waals surface area contributed by atoms with Gasteiger partial charge in [0, 0.05) is 23.5 Å². The lowest BCUT2D eigenvalue weighted by Gasteiger charge is -1.99. The standard InChI is InChI=1S/C13H13NO3/c1-17-13(16)7-10(15)6-9-8-14-12-5-3-2-4-11(9)12/h2-5,8,14H,6-7H2,1H3. The molecule has 0 aliphatic heterocycles. The molecular formula is C13H13NO3. The van der Waals surface area contributed by atoms with Crippen LogP contribution in [0.15, 0.2) is 30.5 Å². The van der Waals surface area contributed by atoms with Gasteiger partial charge in [-0.1, -0.05) is 18.2 Å². The Bertz CT molecular complexity index is 557. The van der Waals surface area contributed by atoms with E-state index in [4.69, 9.17) is 0 Å². The number of ether oxygens (including phenoxy) is 1. The second-order valence-corrected chi connectivity index (χ2v) is 3.83. The number of benzene rings is 1. The number of nitrogens with one attached hydrogen (secondary N) is 1. The molecule has 0 amide bonds. The molecule has 0 atom stereocenters. The highest BCUT2D eigenvalue weighted by molar-refractivity contribution is 5.98. The van der Waals surface area contributed by atoms with Crippen molar-refractivity contribution in [2.45, 2.75) is 12.8 Å². The summed E-state index contributed by atoms with van der Waals surface area (Å²) in [6, 6.07) is 7.75. The van der Waals surface area contributed by atoms with Crippen molar-refractivity contribution >= 4 is 22.7 Å². The summed E-state index contributed by atoms with van der Waals surface area (Å²) in [4.78, 5) is 25.7. The quantitative estimate of drug-likeness (QED) is 0.645. The summed E-state index contributed by atoms with van der Waals surface area (Å²) >= 11 is 0. The van der Waals surface area contributed by atoms with Crippen molar-refractivity contribution in [3.63, 3.8) is 0 Å². The normalized spacial score (nSPS) is 10.4. The molecule has 2 rings (SSSR count). The van der Waals surface area contributed by atoms with E-state index in [1.54, 1.807) is 6.20 Å². The van der Waals surface area contributed by atoms with Crippen LogP contribution >= 0.6 is 0 Å². The Labute approximate surface area is 98.6 Å². The Morgan fingerprint density at radius 3 is 2.82 bits per heavy atom. The molecule has 0 saturated heterocycles. The number of methoxy groups -OCH3 is 1. The highest BCUT2D eigenvalue weighted by atomic mass is 16.5. The molecule has 2 aromatic rings. The number of hydrogen-bond acceptors (Lipinski definition) is 3. The van der Waals surface area contributed by atoms with Crippen LogP contribution in [0.3, 0.4) is 0 Å². The zero-order chi connectivity index (χ0) is 12.3. The molecule has 0 aliphatic rings. The van der Waals surface area contributed by atoms with Gasteiger partial charge in [-0.05, 0) is 11.6 Å². The van der Waals surface area contributed by atoms with Crippen LogP contribution in [0, 0.1) is 0 Å². The molecular weight excluding hydrogens is 218 g/mol. The monoisotopic (exact) mass is 231 g/mol. The zero-order valence-electron chi connectivity index (χ0n) is 9.53. The third-order valence-electron chi connectivity index (χ3n) is 2.63. The number of esters is 1. The topological polar surface area (TPSA) is 59.2 Å². The van der Waals surface area contributed by atoms with Gasteiger partial charge in [-0.15, -0.1) is 0 Å². The second kappa shape index (κ2) is 4.82. The third-order valence-corrected chi connectivity index (χ3v) is 2.63. The number of aromatic nitrogens is 1. The van der Waals surface area contributed by atoms with Gasteiger partial charge in [0.1, 0.15) is 12.2 Å². The molecule has 0 spiro atoms. The maximum Gasteiger partial charge on any atom is 0.313 e. The lowest BCUT2D eigenvalue weighted by Crippen LogP contribution is -2.11. The lowest BCUT2D eigenvalue weighted by atomic mass is 10.1. The van der Waals surface area contributed by atoms with Crippen molar-refractivity contribution in [1.82, 2.24) is 4.98 Å². The Morgan fingerprint density at radius 2 is 2.06 bits per heavy atom. The summed E-state index contributed by atoms with van der Waals surface area (Å²) in [7, 11) is 1.28. The maximum atomic E-state index is 11.6. The molecule has 0 aliphatic carbocycles. The van der Waals surface area contributed by atoms with Crippen LogP contribution < -0.4 is 0 Å². The van der Waals surface area contributed by atoms with Crippen LogP contribution in [0.2, 0.25) is 0 Å². The largest absolute Gasteiger partial charge is 0.469 e. The minimum atomic E-state index is -0.491. The zero-order valence-corrected chi connectivity index (χ0v) is 9.53. The van der Waals surface area contributed by atoms with E-state index in [0.717, 1.165) is 16.5 Å². The number of rotatable bonds is 4. The SMILES string of the molecule is COC(=O)CC(=O)Cc1c[nH]c2ccccc12. The Hall–Kier alpha value is -2.10. The minimum absolute atomic E-state index is 0.137. The second-order valence-electron chi connectivity index (χ2n) is 3.83. The Kier molecular flexibility index (Phi) is 3.23. The Morgan fingerprint density at radius 1 is 1.29 bits per heavy atom. The molecule has 0 fully saturated rings. The molecule has 1 heterocycles. The lowest BCUT2D eigenvalue weighted by molar-refractivity contribution is -0.143. The van der Waals surface area contributed by atoms with Crippen LogP contribution in [-0.2, 0) is 20.7 Å². The fraction of sp³-hybridized carbons (Fsp3) is 0.231. The number of aromatic amines is 1. The number of fused-ring (bicyclic) bond motifs is 1. The summed E-state index contributed by atoms with van der Waals surface area (Å²) in [5, 5.41) is 1.02. The first-order valence-corrected chi connectivity index (χ1v) is 5.34.